The summed E-state index contributed by atoms with van der Waals surface area (Å²) in [6.07, 6.45) is 7.34. The number of aryl methyl sites for hydroxylation is 3. The van der Waals surface area contributed by atoms with E-state index in [4.69, 9.17) is 0 Å². The monoisotopic (exact) mass is 339 g/mol. The minimum Gasteiger partial charge on any atom is -0.367 e. The minimum atomic E-state index is 0.00579. The highest BCUT2D eigenvalue weighted by Crippen LogP contribution is 2.31. The molecule has 2 aromatic heterocycles. The van der Waals surface area contributed by atoms with Crippen LogP contribution in [0.25, 0.3) is 0 Å². The van der Waals surface area contributed by atoms with Crippen LogP contribution in [0.5, 0.6) is 0 Å². The fourth-order valence-electron chi connectivity index (χ4n) is 4.12. The molecule has 0 radical (unpaired) electrons. The van der Waals surface area contributed by atoms with Gasteiger partial charge in [-0.05, 0) is 64.9 Å². The van der Waals surface area contributed by atoms with Crippen LogP contribution in [0.4, 0.5) is 5.82 Å². The van der Waals surface area contributed by atoms with Crippen molar-refractivity contribution < 1.29 is 0 Å². The van der Waals surface area contributed by atoms with Gasteiger partial charge in [0.05, 0.1) is 11.7 Å². The molecule has 1 saturated carbocycles. The maximum Gasteiger partial charge on any atom is 0.267 e. The van der Waals surface area contributed by atoms with Gasteiger partial charge in [-0.2, -0.15) is 5.10 Å². The maximum absolute atomic E-state index is 12.1. The molecule has 0 atom stereocenters. The number of nitrogens with zero attached hydrogens (tertiary/aromatic N) is 4. The molecule has 0 spiro atoms. The van der Waals surface area contributed by atoms with Crippen LogP contribution in [0.1, 0.15) is 60.9 Å². The van der Waals surface area contributed by atoms with E-state index in [-0.39, 0.29) is 11.6 Å². The second-order valence-electron chi connectivity index (χ2n) is 7.31. The quantitative estimate of drug-likeness (QED) is 0.931. The van der Waals surface area contributed by atoms with Crippen molar-refractivity contribution in [1.82, 2.24) is 19.7 Å². The maximum atomic E-state index is 12.1. The van der Waals surface area contributed by atoms with Crippen LogP contribution in [0, 0.1) is 13.8 Å². The first-order chi connectivity index (χ1) is 12.1. The van der Waals surface area contributed by atoms with Crippen LogP contribution in [0.2, 0.25) is 0 Å². The first kappa shape index (κ1) is 16.2. The van der Waals surface area contributed by atoms with Gasteiger partial charge in [-0.3, -0.25) is 4.79 Å². The average Bonchev–Trinajstić information content (AvgIpc) is 3.06. The molecule has 2 aromatic rings. The van der Waals surface area contributed by atoms with Crippen molar-refractivity contribution in [3.05, 3.63) is 45.3 Å². The van der Waals surface area contributed by atoms with Gasteiger partial charge in [0.2, 0.25) is 0 Å². The van der Waals surface area contributed by atoms with Gasteiger partial charge < -0.3 is 5.32 Å². The minimum absolute atomic E-state index is 0.00579. The Morgan fingerprint density at radius 1 is 1.08 bits per heavy atom. The van der Waals surface area contributed by atoms with Crippen molar-refractivity contribution in [1.29, 1.82) is 0 Å². The second kappa shape index (κ2) is 6.58. The molecular formula is C19H25N5O. The zero-order valence-electron chi connectivity index (χ0n) is 15.0. The van der Waals surface area contributed by atoms with Crippen molar-refractivity contribution in [2.24, 2.45) is 0 Å². The Labute approximate surface area is 147 Å². The van der Waals surface area contributed by atoms with E-state index in [0.29, 0.717) is 6.04 Å². The molecule has 2 heterocycles. The van der Waals surface area contributed by atoms with Gasteiger partial charge >= 0.3 is 0 Å². The Morgan fingerprint density at radius 3 is 2.68 bits per heavy atom. The van der Waals surface area contributed by atoms with E-state index in [2.05, 4.69) is 20.4 Å². The SMILES string of the molecule is Cc1ccc(=O)n(C2CCC(Nc3nc(C)nc4c3CCC4)CC2)n1. The molecule has 0 amide bonds. The molecule has 1 N–H and O–H groups in total. The van der Waals surface area contributed by atoms with Gasteiger partial charge in [-0.15, -0.1) is 0 Å². The molecule has 0 aliphatic heterocycles. The topological polar surface area (TPSA) is 72.7 Å². The third-order valence-electron chi connectivity index (χ3n) is 5.39. The van der Waals surface area contributed by atoms with Crippen LogP contribution in [-0.4, -0.2) is 25.8 Å². The molecule has 0 aromatic carbocycles. The normalized spacial score (nSPS) is 22.6. The van der Waals surface area contributed by atoms with E-state index < -0.39 is 0 Å². The molecule has 0 unspecified atom stereocenters. The lowest BCUT2D eigenvalue weighted by Crippen LogP contribution is -2.33. The van der Waals surface area contributed by atoms with Crippen LogP contribution >= 0.6 is 0 Å². The molecule has 6 nitrogen and oxygen atoms in total. The smallest absolute Gasteiger partial charge is 0.267 e. The van der Waals surface area contributed by atoms with E-state index in [0.717, 1.165) is 55.9 Å². The molecular weight excluding hydrogens is 314 g/mol. The molecule has 6 heteroatoms. The summed E-state index contributed by atoms with van der Waals surface area (Å²) in [5.74, 6) is 1.89. The number of hydrogen-bond acceptors (Lipinski definition) is 5. The van der Waals surface area contributed by atoms with Gasteiger partial charge in [-0.1, -0.05) is 0 Å². The predicted octanol–water partition coefficient (Wildman–Crippen LogP) is 2.73. The summed E-state index contributed by atoms with van der Waals surface area (Å²) in [5, 5.41) is 8.09. The lowest BCUT2D eigenvalue weighted by Gasteiger charge is -2.30. The van der Waals surface area contributed by atoms with E-state index in [1.807, 2.05) is 13.8 Å². The van der Waals surface area contributed by atoms with Crippen LogP contribution in [0.15, 0.2) is 16.9 Å². The Morgan fingerprint density at radius 2 is 1.88 bits per heavy atom. The number of nitrogens with one attached hydrogen (secondary N) is 1. The van der Waals surface area contributed by atoms with E-state index in [1.54, 1.807) is 16.8 Å². The summed E-state index contributed by atoms with van der Waals surface area (Å²) in [6.45, 7) is 3.90. The Kier molecular flexibility index (Phi) is 4.27. The summed E-state index contributed by atoms with van der Waals surface area (Å²) in [4.78, 5) is 21.3. The zero-order valence-corrected chi connectivity index (χ0v) is 15.0. The van der Waals surface area contributed by atoms with Crippen molar-refractivity contribution in [3.63, 3.8) is 0 Å². The Bertz CT molecular complexity index is 836. The second-order valence-corrected chi connectivity index (χ2v) is 7.31. The highest BCUT2D eigenvalue weighted by atomic mass is 16.1. The molecule has 1 fully saturated rings. The molecule has 132 valence electrons. The standard InChI is InChI=1S/C19H25N5O/c1-12-6-11-18(25)24(23-12)15-9-7-14(8-10-15)22-19-16-4-3-5-17(16)20-13(2)21-19/h6,11,14-15H,3-5,7-10H2,1-2H3,(H,20,21,22). The third-order valence-corrected chi connectivity index (χ3v) is 5.39. The van der Waals surface area contributed by atoms with Crippen LogP contribution < -0.4 is 10.9 Å². The number of aromatic nitrogens is 4. The largest absolute Gasteiger partial charge is 0.367 e. The number of hydrogen-bond donors (Lipinski definition) is 1. The zero-order chi connectivity index (χ0) is 17.4. The molecule has 0 saturated heterocycles. The van der Waals surface area contributed by atoms with E-state index >= 15 is 0 Å². The van der Waals surface area contributed by atoms with Crippen LogP contribution in [0.3, 0.4) is 0 Å². The van der Waals surface area contributed by atoms with E-state index in [9.17, 15) is 4.79 Å². The summed E-state index contributed by atoms with van der Waals surface area (Å²) < 4.78 is 1.68. The van der Waals surface area contributed by atoms with Crippen molar-refractivity contribution in [2.45, 2.75) is 70.9 Å². The molecule has 0 bridgehead atoms. The summed E-state index contributed by atoms with van der Waals surface area (Å²) >= 11 is 0. The van der Waals surface area contributed by atoms with Gasteiger partial charge in [0.1, 0.15) is 11.6 Å². The Hall–Kier alpha value is -2.24. The van der Waals surface area contributed by atoms with Gasteiger partial charge in [0.15, 0.2) is 0 Å². The van der Waals surface area contributed by atoms with Crippen molar-refractivity contribution in [2.75, 3.05) is 5.32 Å². The van der Waals surface area contributed by atoms with Gasteiger partial charge in [0.25, 0.3) is 5.56 Å². The summed E-state index contributed by atoms with van der Waals surface area (Å²) in [6, 6.07) is 4.03. The van der Waals surface area contributed by atoms with Gasteiger partial charge in [0, 0.05) is 23.4 Å². The molecule has 2 aliphatic rings. The fourth-order valence-corrected chi connectivity index (χ4v) is 4.12. The number of rotatable bonds is 3. The Balaban J connectivity index is 1.45. The molecule has 25 heavy (non-hydrogen) atoms. The highest BCUT2D eigenvalue weighted by Gasteiger charge is 2.26. The summed E-state index contributed by atoms with van der Waals surface area (Å²) in [7, 11) is 0. The van der Waals surface area contributed by atoms with Gasteiger partial charge in [-0.25, -0.2) is 14.6 Å². The summed E-state index contributed by atoms with van der Waals surface area (Å²) in [5.41, 5.74) is 3.43. The highest BCUT2D eigenvalue weighted by molar-refractivity contribution is 5.49. The number of fused-ring (bicyclic) bond motifs is 1. The van der Waals surface area contributed by atoms with Crippen molar-refractivity contribution >= 4 is 5.82 Å². The van der Waals surface area contributed by atoms with Crippen LogP contribution in [-0.2, 0) is 12.8 Å². The third kappa shape index (κ3) is 3.30. The molecule has 2 aliphatic carbocycles. The van der Waals surface area contributed by atoms with Crippen molar-refractivity contribution in [3.8, 4) is 0 Å². The molecule has 4 rings (SSSR count). The average molecular weight is 339 g/mol. The fraction of sp³-hybridized carbons (Fsp3) is 0.579. The first-order valence-corrected chi connectivity index (χ1v) is 9.29. The lowest BCUT2D eigenvalue weighted by atomic mass is 9.91. The predicted molar refractivity (Wildman–Crippen MR) is 96.9 cm³/mol. The lowest BCUT2D eigenvalue weighted by molar-refractivity contribution is 0.302. The number of anilines is 1. The first-order valence-electron chi connectivity index (χ1n) is 9.29. The van der Waals surface area contributed by atoms with E-state index in [1.165, 1.54) is 17.7 Å².